The monoisotopic (exact) mass is 385 g/mol. The predicted molar refractivity (Wildman–Crippen MR) is 105 cm³/mol. The van der Waals surface area contributed by atoms with Crippen molar-refractivity contribution in [3.63, 3.8) is 0 Å². The van der Waals surface area contributed by atoms with Crippen molar-refractivity contribution in [3.05, 3.63) is 65.7 Å². The summed E-state index contributed by atoms with van der Waals surface area (Å²) in [6.45, 7) is 4.59. The van der Waals surface area contributed by atoms with Gasteiger partial charge in [-0.05, 0) is 49.2 Å². The van der Waals surface area contributed by atoms with E-state index in [0.717, 1.165) is 33.8 Å². The van der Waals surface area contributed by atoms with Crippen molar-refractivity contribution in [2.45, 2.75) is 27.0 Å². The van der Waals surface area contributed by atoms with Crippen LogP contribution >= 0.6 is 0 Å². The molecule has 0 spiro atoms. The van der Waals surface area contributed by atoms with Gasteiger partial charge < -0.3 is 4.74 Å². The topological polar surface area (TPSA) is 74.1 Å². The first kappa shape index (κ1) is 19.1. The highest BCUT2D eigenvalue weighted by Crippen LogP contribution is 2.24. The molecule has 0 atom stereocenters. The van der Waals surface area contributed by atoms with Crippen LogP contribution in [0.5, 0.6) is 5.75 Å². The summed E-state index contributed by atoms with van der Waals surface area (Å²) in [5.74, 6) is 0.843. The van der Waals surface area contributed by atoms with Crippen LogP contribution in [0.15, 0.2) is 48.8 Å². The van der Waals surface area contributed by atoms with Crippen molar-refractivity contribution < 1.29 is 13.2 Å². The Bertz CT molecular complexity index is 1030. The zero-order valence-electron chi connectivity index (χ0n) is 15.7. The molecule has 0 N–H and O–H groups in total. The van der Waals surface area contributed by atoms with Gasteiger partial charge in [-0.15, -0.1) is 0 Å². The van der Waals surface area contributed by atoms with E-state index >= 15 is 0 Å². The second-order valence-electron chi connectivity index (χ2n) is 6.55. The molecular weight excluding hydrogens is 362 g/mol. The third kappa shape index (κ3) is 4.95. The molecule has 3 rings (SSSR count). The standard InChI is InChI=1S/C20H23N3O3S/c1-15-20(16(2)23(22-15)11-12-27(3,24)25)14-26-19-6-4-5-18(13-19)17-7-9-21-10-8-17/h4-10,13H,11-12,14H2,1-3H3. The highest BCUT2D eigenvalue weighted by atomic mass is 32.2. The van der Waals surface area contributed by atoms with Gasteiger partial charge in [0.15, 0.2) is 0 Å². The molecule has 0 aliphatic rings. The molecule has 3 aromatic rings. The molecular formula is C20H23N3O3S. The van der Waals surface area contributed by atoms with Crippen LogP contribution in [0.3, 0.4) is 0 Å². The summed E-state index contributed by atoms with van der Waals surface area (Å²) < 4.78 is 30.5. The van der Waals surface area contributed by atoms with Crippen LogP contribution in [-0.2, 0) is 23.0 Å². The fraction of sp³-hybridized carbons (Fsp3) is 0.300. The largest absolute Gasteiger partial charge is 0.489 e. The molecule has 27 heavy (non-hydrogen) atoms. The molecule has 0 aliphatic heterocycles. The Hall–Kier alpha value is -2.67. The minimum absolute atomic E-state index is 0.0727. The maximum Gasteiger partial charge on any atom is 0.149 e. The van der Waals surface area contributed by atoms with Gasteiger partial charge in [0.05, 0.1) is 18.0 Å². The molecule has 0 saturated carbocycles. The molecule has 142 valence electrons. The number of sulfone groups is 1. The number of aryl methyl sites for hydroxylation is 2. The molecule has 0 bridgehead atoms. The Balaban J connectivity index is 1.73. The molecule has 0 saturated heterocycles. The van der Waals surface area contributed by atoms with E-state index in [9.17, 15) is 8.42 Å². The van der Waals surface area contributed by atoms with Crippen LogP contribution in [0.25, 0.3) is 11.1 Å². The summed E-state index contributed by atoms with van der Waals surface area (Å²) in [6, 6.07) is 11.8. The lowest BCUT2D eigenvalue weighted by Gasteiger charge is -2.09. The van der Waals surface area contributed by atoms with E-state index in [4.69, 9.17) is 4.74 Å². The maximum atomic E-state index is 11.4. The van der Waals surface area contributed by atoms with E-state index in [1.165, 1.54) is 6.26 Å². The van der Waals surface area contributed by atoms with E-state index < -0.39 is 9.84 Å². The molecule has 2 heterocycles. The van der Waals surface area contributed by atoms with E-state index in [1.54, 1.807) is 17.1 Å². The van der Waals surface area contributed by atoms with Gasteiger partial charge in [-0.3, -0.25) is 9.67 Å². The van der Waals surface area contributed by atoms with Crippen LogP contribution in [0.4, 0.5) is 0 Å². The Morgan fingerprint density at radius 1 is 1.07 bits per heavy atom. The number of hydrogen-bond donors (Lipinski definition) is 0. The van der Waals surface area contributed by atoms with Crippen molar-refractivity contribution in [1.29, 1.82) is 0 Å². The van der Waals surface area contributed by atoms with Gasteiger partial charge >= 0.3 is 0 Å². The molecule has 0 fully saturated rings. The summed E-state index contributed by atoms with van der Waals surface area (Å²) in [5.41, 5.74) is 4.91. The normalized spacial score (nSPS) is 11.5. The average Bonchev–Trinajstić information content (AvgIpc) is 2.92. The highest BCUT2D eigenvalue weighted by Gasteiger charge is 2.14. The second kappa shape index (κ2) is 7.92. The van der Waals surface area contributed by atoms with E-state index in [2.05, 4.69) is 10.1 Å². The van der Waals surface area contributed by atoms with E-state index in [-0.39, 0.29) is 5.75 Å². The zero-order chi connectivity index (χ0) is 19.4. The Morgan fingerprint density at radius 3 is 2.52 bits per heavy atom. The van der Waals surface area contributed by atoms with Crippen molar-refractivity contribution in [1.82, 2.24) is 14.8 Å². The zero-order valence-corrected chi connectivity index (χ0v) is 16.5. The first-order valence-corrected chi connectivity index (χ1v) is 10.7. The van der Waals surface area contributed by atoms with Gasteiger partial charge in [0.25, 0.3) is 0 Å². The lowest BCUT2D eigenvalue weighted by atomic mass is 10.1. The number of aromatic nitrogens is 3. The number of pyridine rings is 1. The fourth-order valence-corrected chi connectivity index (χ4v) is 3.38. The van der Waals surface area contributed by atoms with Crippen LogP contribution in [0, 0.1) is 13.8 Å². The van der Waals surface area contributed by atoms with Gasteiger partial charge in [-0.2, -0.15) is 5.10 Å². The van der Waals surface area contributed by atoms with Crippen molar-refractivity contribution >= 4 is 9.84 Å². The first-order valence-electron chi connectivity index (χ1n) is 8.67. The van der Waals surface area contributed by atoms with Gasteiger partial charge in [0.2, 0.25) is 0 Å². The quantitative estimate of drug-likeness (QED) is 0.624. The minimum Gasteiger partial charge on any atom is -0.489 e. The third-order valence-corrected chi connectivity index (χ3v) is 5.36. The molecule has 1 aromatic carbocycles. The Labute approximate surface area is 159 Å². The van der Waals surface area contributed by atoms with E-state index in [1.807, 2.05) is 50.2 Å². The van der Waals surface area contributed by atoms with Crippen LogP contribution < -0.4 is 4.74 Å². The lowest BCUT2D eigenvalue weighted by molar-refractivity contribution is 0.304. The second-order valence-corrected chi connectivity index (χ2v) is 8.81. The Morgan fingerprint density at radius 2 is 1.81 bits per heavy atom. The van der Waals surface area contributed by atoms with Crippen molar-refractivity contribution in [2.24, 2.45) is 0 Å². The van der Waals surface area contributed by atoms with Crippen molar-refractivity contribution in [3.8, 4) is 16.9 Å². The van der Waals surface area contributed by atoms with Gasteiger partial charge in [-0.25, -0.2) is 8.42 Å². The molecule has 2 aromatic heterocycles. The number of nitrogens with zero attached hydrogens (tertiary/aromatic N) is 3. The molecule has 7 heteroatoms. The number of hydrogen-bond acceptors (Lipinski definition) is 5. The first-order chi connectivity index (χ1) is 12.8. The maximum absolute atomic E-state index is 11.4. The Kier molecular flexibility index (Phi) is 5.60. The van der Waals surface area contributed by atoms with Crippen molar-refractivity contribution in [2.75, 3.05) is 12.0 Å². The summed E-state index contributed by atoms with van der Waals surface area (Å²) >= 11 is 0. The third-order valence-electron chi connectivity index (χ3n) is 4.44. The van der Waals surface area contributed by atoms with E-state index in [0.29, 0.717) is 13.2 Å². The highest BCUT2D eigenvalue weighted by molar-refractivity contribution is 7.90. The molecule has 6 nitrogen and oxygen atoms in total. The number of benzene rings is 1. The van der Waals surface area contributed by atoms with Gasteiger partial charge in [-0.1, -0.05) is 12.1 Å². The van der Waals surface area contributed by atoms with Crippen LogP contribution in [0.1, 0.15) is 17.0 Å². The fourth-order valence-electron chi connectivity index (χ4n) is 2.88. The van der Waals surface area contributed by atoms with Crippen LogP contribution in [-0.4, -0.2) is 35.2 Å². The molecule has 0 radical (unpaired) electrons. The summed E-state index contributed by atoms with van der Waals surface area (Å²) in [4.78, 5) is 4.04. The number of rotatable bonds is 7. The predicted octanol–water partition coefficient (Wildman–Crippen LogP) is 3.19. The molecule has 0 amide bonds. The van der Waals surface area contributed by atoms with Crippen LogP contribution in [0.2, 0.25) is 0 Å². The smallest absolute Gasteiger partial charge is 0.149 e. The summed E-state index contributed by atoms with van der Waals surface area (Å²) in [6.07, 6.45) is 4.76. The minimum atomic E-state index is -3.03. The summed E-state index contributed by atoms with van der Waals surface area (Å²) in [7, 11) is -3.03. The van der Waals surface area contributed by atoms with Gasteiger partial charge in [0.1, 0.15) is 22.2 Å². The number of ether oxygens (including phenoxy) is 1. The molecule has 0 aliphatic carbocycles. The SMILES string of the molecule is Cc1nn(CCS(C)(=O)=O)c(C)c1COc1cccc(-c2ccncc2)c1. The molecule has 0 unspecified atom stereocenters. The summed E-state index contributed by atoms with van der Waals surface area (Å²) in [5, 5.41) is 4.46. The van der Waals surface area contributed by atoms with Gasteiger partial charge in [0, 0.05) is 29.9 Å². The lowest BCUT2D eigenvalue weighted by Crippen LogP contribution is -2.13. The average molecular weight is 385 g/mol.